The number of aromatic nitrogens is 1. The first kappa shape index (κ1) is 16.4. The van der Waals surface area contributed by atoms with E-state index in [9.17, 15) is 9.59 Å². The summed E-state index contributed by atoms with van der Waals surface area (Å²) < 4.78 is 1.97. The maximum Gasteiger partial charge on any atom is 0.253 e. The van der Waals surface area contributed by atoms with Crippen molar-refractivity contribution in [1.29, 1.82) is 0 Å². The molecule has 0 spiro atoms. The predicted octanol–water partition coefficient (Wildman–Crippen LogP) is 1.18. The van der Waals surface area contributed by atoms with Crippen LogP contribution in [0, 0.1) is 0 Å². The average Bonchev–Trinajstić information content (AvgIpc) is 2.89. The standard InChI is InChI=1S/C17H20N4O2S/c1-11(22)18-8-4-9-20-17(24)21-13-6-3-2-5-12(13)15-14(21)7-10-19-16(15)23/h2-3,5-6H,4,7-10H2,1H3,(H,18,22)(H,19,23)(H,20,24). The number of hydrogen-bond acceptors (Lipinski definition) is 3. The van der Waals surface area contributed by atoms with Gasteiger partial charge in [0.1, 0.15) is 0 Å². The number of fused-ring (bicyclic) bond motifs is 3. The molecule has 6 nitrogen and oxygen atoms in total. The number of carbonyl (C=O) groups is 2. The van der Waals surface area contributed by atoms with Crippen molar-refractivity contribution in [3.63, 3.8) is 0 Å². The van der Waals surface area contributed by atoms with Gasteiger partial charge in [0.15, 0.2) is 5.11 Å². The van der Waals surface area contributed by atoms with Gasteiger partial charge in [-0.15, -0.1) is 0 Å². The maximum absolute atomic E-state index is 12.3. The lowest BCUT2D eigenvalue weighted by atomic mass is 10.1. The Balaban J connectivity index is 1.82. The molecular formula is C17H20N4O2S. The zero-order chi connectivity index (χ0) is 17.1. The summed E-state index contributed by atoms with van der Waals surface area (Å²) in [6.07, 6.45) is 1.53. The summed E-state index contributed by atoms with van der Waals surface area (Å²) in [5.74, 6) is -0.0753. The van der Waals surface area contributed by atoms with Gasteiger partial charge >= 0.3 is 0 Å². The fourth-order valence-corrected chi connectivity index (χ4v) is 3.34. The van der Waals surface area contributed by atoms with E-state index in [0.29, 0.717) is 24.7 Å². The summed E-state index contributed by atoms with van der Waals surface area (Å²) in [7, 11) is 0. The van der Waals surface area contributed by atoms with Gasteiger partial charge in [0, 0.05) is 44.1 Å². The lowest BCUT2D eigenvalue weighted by Gasteiger charge is -2.18. The Morgan fingerprint density at radius 2 is 2.04 bits per heavy atom. The van der Waals surface area contributed by atoms with Crippen LogP contribution in [-0.4, -0.2) is 41.1 Å². The molecule has 7 heteroatoms. The molecule has 0 bridgehead atoms. The highest BCUT2D eigenvalue weighted by Crippen LogP contribution is 2.28. The second kappa shape index (κ2) is 7.00. The van der Waals surface area contributed by atoms with Gasteiger partial charge in [0.2, 0.25) is 5.91 Å². The molecule has 0 aliphatic carbocycles. The number of hydrogen-bond donors (Lipinski definition) is 3. The van der Waals surface area contributed by atoms with Crippen molar-refractivity contribution < 1.29 is 9.59 Å². The minimum atomic E-state index is -0.0420. The molecule has 3 N–H and O–H groups in total. The fourth-order valence-electron chi connectivity index (χ4n) is 3.02. The monoisotopic (exact) mass is 344 g/mol. The molecule has 2 heterocycles. The highest BCUT2D eigenvalue weighted by atomic mass is 32.1. The largest absolute Gasteiger partial charge is 0.362 e. The Morgan fingerprint density at radius 3 is 2.83 bits per heavy atom. The van der Waals surface area contributed by atoms with E-state index in [1.165, 1.54) is 6.92 Å². The number of thiocarbonyl (C=S) groups is 1. The number of nitrogens with zero attached hydrogens (tertiary/aromatic N) is 1. The molecule has 1 aliphatic heterocycles. The number of nitrogens with one attached hydrogen (secondary N) is 3. The molecule has 1 aliphatic rings. The molecule has 3 rings (SSSR count). The molecular weight excluding hydrogens is 324 g/mol. The second-order valence-electron chi connectivity index (χ2n) is 5.75. The van der Waals surface area contributed by atoms with Gasteiger partial charge in [-0.05, 0) is 24.7 Å². The number of amides is 2. The molecule has 1 aromatic heterocycles. The quantitative estimate of drug-likeness (QED) is 0.575. The Labute approximate surface area is 145 Å². The maximum atomic E-state index is 12.3. The summed E-state index contributed by atoms with van der Waals surface area (Å²) in [5, 5.41) is 10.4. The molecule has 1 aromatic carbocycles. The van der Waals surface area contributed by atoms with Crippen molar-refractivity contribution in [3.05, 3.63) is 35.5 Å². The number of rotatable bonds is 4. The molecule has 0 fully saturated rings. The third kappa shape index (κ3) is 3.12. The number of para-hydroxylation sites is 1. The van der Waals surface area contributed by atoms with Crippen LogP contribution in [0.3, 0.4) is 0 Å². The van der Waals surface area contributed by atoms with E-state index < -0.39 is 0 Å². The highest BCUT2D eigenvalue weighted by Gasteiger charge is 2.26. The average molecular weight is 344 g/mol. The lowest BCUT2D eigenvalue weighted by Crippen LogP contribution is -2.36. The first-order valence-electron chi connectivity index (χ1n) is 8.02. The Morgan fingerprint density at radius 1 is 1.29 bits per heavy atom. The molecule has 24 heavy (non-hydrogen) atoms. The van der Waals surface area contributed by atoms with Crippen LogP contribution in [0.1, 0.15) is 29.4 Å². The third-order valence-corrected chi connectivity index (χ3v) is 4.38. The Kier molecular flexibility index (Phi) is 4.80. The van der Waals surface area contributed by atoms with Gasteiger partial charge in [-0.1, -0.05) is 18.2 Å². The van der Waals surface area contributed by atoms with E-state index >= 15 is 0 Å². The van der Waals surface area contributed by atoms with Crippen molar-refractivity contribution >= 4 is 40.0 Å². The summed E-state index contributed by atoms with van der Waals surface area (Å²) in [4.78, 5) is 23.1. The Hall–Kier alpha value is -2.41. The van der Waals surface area contributed by atoms with Gasteiger partial charge in [0.05, 0.1) is 11.1 Å². The van der Waals surface area contributed by atoms with Gasteiger partial charge in [-0.25, -0.2) is 0 Å². The molecule has 2 aromatic rings. The molecule has 0 radical (unpaired) electrons. The molecule has 126 valence electrons. The number of benzene rings is 1. The smallest absolute Gasteiger partial charge is 0.253 e. The van der Waals surface area contributed by atoms with Crippen molar-refractivity contribution in [2.24, 2.45) is 0 Å². The van der Waals surface area contributed by atoms with Gasteiger partial charge in [-0.3, -0.25) is 14.2 Å². The molecule has 0 atom stereocenters. The van der Waals surface area contributed by atoms with Crippen LogP contribution in [0.4, 0.5) is 0 Å². The van der Waals surface area contributed by atoms with Crippen molar-refractivity contribution in [2.45, 2.75) is 19.8 Å². The van der Waals surface area contributed by atoms with Crippen LogP contribution < -0.4 is 16.0 Å². The van der Waals surface area contributed by atoms with E-state index in [4.69, 9.17) is 12.2 Å². The van der Waals surface area contributed by atoms with Gasteiger partial charge in [0.25, 0.3) is 5.91 Å². The molecule has 0 saturated heterocycles. The zero-order valence-corrected chi connectivity index (χ0v) is 14.3. The molecule has 0 saturated carbocycles. The summed E-state index contributed by atoms with van der Waals surface area (Å²) in [6, 6.07) is 7.81. The third-order valence-electron chi connectivity index (χ3n) is 4.05. The van der Waals surface area contributed by atoms with Crippen LogP contribution >= 0.6 is 12.2 Å². The lowest BCUT2D eigenvalue weighted by molar-refractivity contribution is -0.118. The minimum Gasteiger partial charge on any atom is -0.362 e. The van der Waals surface area contributed by atoms with Gasteiger partial charge in [-0.2, -0.15) is 0 Å². The van der Waals surface area contributed by atoms with E-state index in [2.05, 4.69) is 16.0 Å². The Bertz CT molecular complexity index is 812. The van der Waals surface area contributed by atoms with Crippen LogP contribution in [0.25, 0.3) is 10.9 Å². The first-order chi connectivity index (χ1) is 11.6. The zero-order valence-electron chi connectivity index (χ0n) is 13.5. The molecule has 2 amide bonds. The van der Waals surface area contributed by atoms with Gasteiger partial charge < -0.3 is 16.0 Å². The highest BCUT2D eigenvalue weighted by molar-refractivity contribution is 7.80. The second-order valence-corrected chi connectivity index (χ2v) is 6.14. The van der Waals surface area contributed by atoms with Crippen molar-refractivity contribution in [3.8, 4) is 0 Å². The minimum absolute atomic E-state index is 0.0333. The van der Waals surface area contributed by atoms with E-state index in [0.717, 1.165) is 35.0 Å². The van der Waals surface area contributed by atoms with Crippen LogP contribution in [0.2, 0.25) is 0 Å². The SMILES string of the molecule is CC(=O)NCCCNC(=S)n1c2c(c3ccccc31)C(=O)NCC2. The van der Waals surface area contributed by atoms with E-state index in [-0.39, 0.29) is 11.8 Å². The molecule has 0 unspecified atom stereocenters. The van der Waals surface area contributed by atoms with E-state index in [1.807, 2.05) is 28.8 Å². The first-order valence-corrected chi connectivity index (χ1v) is 8.43. The van der Waals surface area contributed by atoms with Crippen molar-refractivity contribution in [1.82, 2.24) is 20.5 Å². The number of carbonyl (C=O) groups excluding carboxylic acids is 2. The summed E-state index contributed by atoms with van der Waals surface area (Å²) in [6.45, 7) is 3.39. The van der Waals surface area contributed by atoms with Crippen molar-refractivity contribution in [2.75, 3.05) is 19.6 Å². The summed E-state index contributed by atoms with van der Waals surface area (Å²) in [5.41, 5.74) is 2.62. The topological polar surface area (TPSA) is 75.2 Å². The fraction of sp³-hybridized carbons (Fsp3) is 0.353. The van der Waals surface area contributed by atoms with Crippen LogP contribution in [0.5, 0.6) is 0 Å². The predicted molar refractivity (Wildman–Crippen MR) is 97.3 cm³/mol. The van der Waals surface area contributed by atoms with Crippen LogP contribution in [-0.2, 0) is 11.2 Å². The van der Waals surface area contributed by atoms with Crippen LogP contribution in [0.15, 0.2) is 24.3 Å². The normalized spacial score (nSPS) is 13.3. The summed E-state index contributed by atoms with van der Waals surface area (Å²) >= 11 is 5.56. The van der Waals surface area contributed by atoms with E-state index in [1.54, 1.807) is 0 Å².